The number of aryl methyl sites for hydroxylation is 1. The van der Waals surface area contributed by atoms with Crippen LogP contribution in [0.25, 0.3) is 11.0 Å². The summed E-state index contributed by atoms with van der Waals surface area (Å²) in [5, 5.41) is 0. The number of aromatic nitrogens is 3. The van der Waals surface area contributed by atoms with E-state index in [4.69, 9.17) is 0 Å². The topological polar surface area (TPSA) is 48.1 Å². The minimum absolute atomic E-state index is 0.954. The Morgan fingerprint density at radius 2 is 1.77 bits per heavy atom. The van der Waals surface area contributed by atoms with E-state index >= 15 is 0 Å². The van der Waals surface area contributed by atoms with Crippen LogP contribution in [0.4, 0.5) is 11.8 Å². The molecule has 1 aliphatic rings. The van der Waals surface area contributed by atoms with Gasteiger partial charge >= 0.3 is 0 Å². The third-order valence-electron chi connectivity index (χ3n) is 4.18. The number of para-hydroxylation sites is 2. The lowest BCUT2D eigenvalue weighted by Crippen LogP contribution is -2.47. The van der Waals surface area contributed by atoms with E-state index < -0.39 is 0 Å². The zero-order valence-electron chi connectivity index (χ0n) is 12.7. The van der Waals surface area contributed by atoms with E-state index in [-0.39, 0.29) is 0 Å². The number of aromatic amines is 1. The maximum absolute atomic E-state index is 4.68. The van der Waals surface area contributed by atoms with Crippen LogP contribution in [0.2, 0.25) is 0 Å². The minimum Gasteiger partial charge on any atom is -0.353 e. The number of anilines is 2. The highest BCUT2D eigenvalue weighted by Crippen LogP contribution is 2.20. The Morgan fingerprint density at radius 3 is 2.55 bits per heavy atom. The molecular weight excluding hydrogens is 274 g/mol. The highest BCUT2D eigenvalue weighted by atomic mass is 15.3. The van der Waals surface area contributed by atoms with Gasteiger partial charge in [-0.25, -0.2) is 9.97 Å². The average molecular weight is 293 g/mol. The summed E-state index contributed by atoms with van der Waals surface area (Å²) in [7, 11) is 0. The van der Waals surface area contributed by atoms with Gasteiger partial charge in [-0.15, -0.1) is 0 Å². The summed E-state index contributed by atoms with van der Waals surface area (Å²) >= 11 is 0. The van der Waals surface area contributed by atoms with Gasteiger partial charge in [-0.3, -0.25) is 0 Å². The van der Waals surface area contributed by atoms with E-state index in [0.29, 0.717) is 0 Å². The highest BCUT2D eigenvalue weighted by molar-refractivity contribution is 5.77. The second-order valence-corrected chi connectivity index (χ2v) is 5.74. The smallest absolute Gasteiger partial charge is 0.203 e. The number of fused-ring (bicyclic) bond motifs is 1. The first-order valence-corrected chi connectivity index (χ1v) is 7.67. The van der Waals surface area contributed by atoms with Crippen molar-refractivity contribution in [2.45, 2.75) is 6.92 Å². The molecule has 0 saturated carbocycles. The first-order chi connectivity index (χ1) is 10.8. The van der Waals surface area contributed by atoms with Gasteiger partial charge in [-0.1, -0.05) is 12.1 Å². The van der Waals surface area contributed by atoms with Crippen molar-refractivity contribution in [1.29, 1.82) is 0 Å². The molecule has 5 nitrogen and oxygen atoms in total. The number of H-pyrrole nitrogens is 1. The van der Waals surface area contributed by atoms with Crippen LogP contribution in [-0.4, -0.2) is 41.1 Å². The Morgan fingerprint density at radius 1 is 1.00 bits per heavy atom. The molecule has 5 heteroatoms. The van der Waals surface area contributed by atoms with Crippen LogP contribution in [0.1, 0.15) is 5.56 Å². The Hall–Kier alpha value is -2.56. The van der Waals surface area contributed by atoms with Gasteiger partial charge in [0.2, 0.25) is 5.95 Å². The number of imidazole rings is 1. The maximum Gasteiger partial charge on any atom is 0.203 e. The van der Waals surface area contributed by atoms with Crippen molar-refractivity contribution < 1.29 is 0 Å². The first kappa shape index (κ1) is 13.1. The lowest BCUT2D eigenvalue weighted by molar-refractivity contribution is 0.637. The lowest BCUT2D eigenvalue weighted by Gasteiger charge is -2.35. The summed E-state index contributed by atoms with van der Waals surface area (Å²) in [5.74, 6) is 2.04. The molecule has 0 amide bonds. The summed E-state index contributed by atoms with van der Waals surface area (Å²) in [4.78, 5) is 17.2. The van der Waals surface area contributed by atoms with E-state index in [9.17, 15) is 0 Å². The van der Waals surface area contributed by atoms with Crippen LogP contribution in [-0.2, 0) is 0 Å². The molecule has 0 aliphatic carbocycles. The molecule has 2 aromatic heterocycles. The van der Waals surface area contributed by atoms with Gasteiger partial charge in [0, 0.05) is 32.4 Å². The number of benzene rings is 1. The van der Waals surface area contributed by atoms with Gasteiger partial charge in [0.1, 0.15) is 5.82 Å². The fourth-order valence-corrected chi connectivity index (χ4v) is 2.93. The van der Waals surface area contributed by atoms with Gasteiger partial charge in [0.15, 0.2) is 0 Å². The minimum atomic E-state index is 0.954. The number of piperazine rings is 1. The third-order valence-corrected chi connectivity index (χ3v) is 4.18. The Kier molecular flexibility index (Phi) is 3.18. The molecule has 1 fully saturated rings. The second-order valence-electron chi connectivity index (χ2n) is 5.74. The van der Waals surface area contributed by atoms with Crippen LogP contribution < -0.4 is 9.80 Å². The van der Waals surface area contributed by atoms with Gasteiger partial charge in [-0.05, 0) is 36.8 Å². The zero-order chi connectivity index (χ0) is 14.9. The average Bonchev–Trinajstić information content (AvgIpc) is 2.99. The predicted octanol–water partition coefficient (Wildman–Crippen LogP) is 2.59. The fraction of sp³-hybridized carbons (Fsp3) is 0.294. The number of rotatable bonds is 2. The van der Waals surface area contributed by atoms with Gasteiger partial charge < -0.3 is 14.8 Å². The molecule has 1 aromatic carbocycles. The van der Waals surface area contributed by atoms with E-state index in [2.05, 4.69) is 43.8 Å². The maximum atomic E-state index is 4.68. The zero-order valence-corrected chi connectivity index (χ0v) is 12.7. The SMILES string of the molecule is Cc1ccnc(N2CCN(c3nc4ccccc4[nH]3)CC2)c1. The molecule has 0 spiro atoms. The molecule has 1 aliphatic heterocycles. The van der Waals surface area contributed by atoms with E-state index in [1.165, 1.54) is 5.56 Å². The van der Waals surface area contributed by atoms with Crippen LogP contribution in [0.5, 0.6) is 0 Å². The number of hydrogen-bond donors (Lipinski definition) is 1. The van der Waals surface area contributed by atoms with Crippen LogP contribution in [0, 0.1) is 6.92 Å². The molecule has 0 unspecified atom stereocenters. The number of nitrogens with one attached hydrogen (secondary N) is 1. The molecule has 0 radical (unpaired) electrons. The van der Waals surface area contributed by atoms with Gasteiger partial charge in [-0.2, -0.15) is 0 Å². The third kappa shape index (κ3) is 2.39. The molecule has 22 heavy (non-hydrogen) atoms. The number of pyridine rings is 1. The van der Waals surface area contributed by atoms with E-state index in [1.54, 1.807) is 0 Å². The molecular formula is C17H19N5. The molecule has 112 valence electrons. The van der Waals surface area contributed by atoms with Crippen molar-refractivity contribution in [3.8, 4) is 0 Å². The van der Waals surface area contributed by atoms with Crippen molar-refractivity contribution in [1.82, 2.24) is 15.0 Å². The summed E-state index contributed by atoms with van der Waals surface area (Å²) in [6, 6.07) is 12.4. The van der Waals surface area contributed by atoms with Crippen molar-refractivity contribution >= 4 is 22.8 Å². The molecule has 0 atom stereocenters. The van der Waals surface area contributed by atoms with Crippen molar-refractivity contribution in [3.63, 3.8) is 0 Å². The monoisotopic (exact) mass is 293 g/mol. The van der Waals surface area contributed by atoms with Crippen molar-refractivity contribution in [2.24, 2.45) is 0 Å². The summed E-state index contributed by atoms with van der Waals surface area (Å²) in [5.41, 5.74) is 3.38. The predicted molar refractivity (Wildman–Crippen MR) is 89.5 cm³/mol. The van der Waals surface area contributed by atoms with Crippen molar-refractivity contribution in [2.75, 3.05) is 36.0 Å². The second kappa shape index (κ2) is 5.33. The van der Waals surface area contributed by atoms with Crippen LogP contribution >= 0.6 is 0 Å². The highest BCUT2D eigenvalue weighted by Gasteiger charge is 2.20. The largest absolute Gasteiger partial charge is 0.353 e. The summed E-state index contributed by atoms with van der Waals surface area (Å²) < 4.78 is 0. The van der Waals surface area contributed by atoms with Gasteiger partial charge in [0.25, 0.3) is 0 Å². The summed E-state index contributed by atoms with van der Waals surface area (Å²) in [6.07, 6.45) is 1.89. The number of hydrogen-bond acceptors (Lipinski definition) is 4. The normalized spacial score (nSPS) is 15.5. The van der Waals surface area contributed by atoms with Gasteiger partial charge in [0.05, 0.1) is 11.0 Å². The van der Waals surface area contributed by atoms with Crippen molar-refractivity contribution in [3.05, 3.63) is 48.2 Å². The van der Waals surface area contributed by atoms with E-state index in [1.807, 2.05) is 30.5 Å². The number of nitrogens with zero attached hydrogens (tertiary/aromatic N) is 4. The lowest BCUT2D eigenvalue weighted by atomic mass is 10.2. The molecule has 1 saturated heterocycles. The molecule has 0 bridgehead atoms. The quantitative estimate of drug-likeness (QED) is 0.789. The Bertz CT molecular complexity index is 753. The molecule has 3 heterocycles. The molecule has 3 aromatic rings. The molecule has 4 rings (SSSR count). The summed E-state index contributed by atoms with van der Waals surface area (Å²) in [6.45, 7) is 5.95. The standard InChI is InChI=1S/C17H19N5/c1-13-6-7-18-16(12-13)21-8-10-22(11-9-21)17-19-14-4-2-3-5-15(14)20-17/h2-7,12H,8-11H2,1H3,(H,19,20). The van der Waals surface area contributed by atoms with E-state index in [0.717, 1.165) is 49.0 Å². The Labute approximate surface area is 129 Å². The first-order valence-electron chi connectivity index (χ1n) is 7.67. The fourth-order valence-electron chi connectivity index (χ4n) is 2.93. The van der Waals surface area contributed by atoms with Crippen LogP contribution in [0.15, 0.2) is 42.6 Å². The Balaban J connectivity index is 1.49. The molecule has 1 N–H and O–H groups in total. The van der Waals surface area contributed by atoms with Crippen LogP contribution in [0.3, 0.4) is 0 Å².